The summed E-state index contributed by atoms with van der Waals surface area (Å²) in [5, 5.41) is 3.19. The number of hydrogen-bond donors (Lipinski definition) is 1. The summed E-state index contributed by atoms with van der Waals surface area (Å²) < 4.78 is 18.3. The summed E-state index contributed by atoms with van der Waals surface area (Å²) in [4.78, 5) is 46.3. The number of carbonyl (C=O) groups excluding carboxylic acids is 1. The monoisotopic (exact) mass is 479 g/mol. The number of thiophene rings is 1. The van der Waals surface area contributed by atoms with Crippen molar-refractivity contribution in [2.24, 2.45) is 4.99 Å². The molecule has 4 rings (SSSR count). The number of aryl methyl sites for hydroxylation is 1. The van der Waals surface area contributed by atoms with Crippen molar-refractivity contribution in [2.45, 2.75) is 45.0 Å². The SMILES string of the molecule is COCCn1c(=O)n(C2CC(OC)C2)c(=O)c2c(C)c(CN3CCN=C3NC(=O)OC)sc21. The molecule has 0 bridgehead atoms. The summed E-state index contributed by atoms with van der Waals surface area (Å²) in [5.41, 5.74) is 0.269. The summed E-state index contributed by atoms with van der Waals surface area (Å²) in [6, 6.07) is -0.169. The van der Waals surface area contributed by atoms with Crippen molar-refractivity contribution in [1.29, 1.82) is 0 Å². The van der Waals surface area contributed by atoms with Crippen molar-refractivity contribution in [3.8, 4) is 0 Å². The van der Waals surface area contributed by atoms with Crippen LogP contribution in [0, 0.1) is 6.92 Å². The Balaban J connectivity index is 1.74. The van der Waals surface area contributed by atoms with E-state index in [0.717, 1.165) is 10.4 Å². The van der Waals surface area contributed by atoms with E-state index < -0.39 is 6.09 Å². The fourth-order valence-corrected chi connectivity index (χ4v) is 5.61. The zero-order chi connectivity index (χ0) is 23.7. The topological polar surface area (TPSA) is 116 Å². The molecule has 11 nitrogen and oxygen atoms in total. The molecule has 2 aliphatic rings. The fraction of sp³-hybridized carbons (Fsp3) is 0.619. The Hall–Kier alpha value is -2.70. The number of amides is 1. The third-order valence-corrected chi connectivity index (χ3v) is 7.59. The Morgan fingerprint density at radius 3 is 2.67 bits per heavy atom. The average Bonchev–Trinajstić information content (AvgIpc) is 3.33. The number of hydrogen-bond acceptors (Lipinski definition) is 9. The molecule has 1 aliphatic heterocycles. The van der Waals surface area contributed by atoms with Gasteiger partial charge in [0.1, 0.15) is 4.83 Å². The van der Waals surface area contributed by atoms with Gasteiger partial charge in [-0.15, -0.1) is 11.3 Å². The van der Waals surface area contributed by atoms with Crippen LogP contribution in [0.1, 0.15) is 29.3 Å². The second-order valence-corrected chi connectivity index (χ2v) is 9.24. The zero-order valence-corrected chi connectivity index (χ0v) is 20.1. The smallest absolute Gasteiger partial charge is 0.413 e. The van der Waals surface area contributed by atoms with Gasteiger partial charge in [-0.1, -0.05) is 0 Å². The van der Waals surface area contributed by atoms with Crippen molar-refractivity contribution in [3.63, 3.8) is 0 Å². The summed E-state index contributed by atoms with van der Waals surface area (Å²) in [5.74, 6) is 0.438. The largest absolute Gasteiger partial charge is 0.453 e. The molecule has 180 valence electrons. The first-order chi connectivity index (χ1) is 15.9. The molecule has 0 saturated heterocycles. The van der Waals surface area contributed by atoms with E-state index >= 15 is 0 Å². The van der Waals surface area contributed by atoms with Crippen LogP contribution in [-0.4, -0.2) is 73.2 Å². The Morgan fingerprint density at radius 2 is 2.00 bits per heavy atom. The summed E-state index contributed by atoms with van der Waals surface area (Å²) in [6.45, 7) is 4.26. The molecule has 0 radical (unpaired) electrons. The van der Waals surface area contributed by atoms with E-state index in [1.54, 1.807) is 18.8 Å². The minimum absolute atomic E-state index is 0.0683. The molecule has 1 amide bonds. The molecule has 1 N–H and O–H groups in total. The molecule has 1 aliphatic carbocycles. The molecule has 0 aromatic carbocycles. The number of ether oxygens (including phenoxy) is 3. The first kappa shape index (κ1) is 23.5. The molecule has 2 aromatic heterocycles. The number of aromatic nitrogens is 2. The van der Waals surface area contributed by atoms with Gasteiger partial charge in [0.2, 0.25) is 5.96 Å². The zero-order valence-electron chi connectivity index (χ0n) is 19.3. The molecule has 0 spiro atoms. The van der Waals surface area contributed by atoms with E-state index in [-0.39, 0.29) is 23.4 Å². The van der Waals surface area contributed by atoms with E-state index in [4.69, 9.17) is 9.47 Å². The molecule has 2 aromatic rings. The van der Waals surface area contributed by atoms with Crippen molar-refractivity contribution < 1.29 is 19.0 Å². The van der Waals surface area contributed by atoms with E-state index in [1.807, 2.05) is 11.8 Å². The predicted molar refractivity (Wildman–Crippen MR) is 124 cm³/mol. The lowest BCUT2D eigenvalue weighted by Gasteiger charge is -2.35. The lowest BCUT2D eigenvalue weighted by molar-refractivity contribution is 0.00357. The molecule has 1 saturated carbocycles. The van der Waals surface area contributed by atoms with Crippen LogP contribution in [0.25, 0.3) is 10.2 Å². The Bertz CT molecular complexity index is 1190. The standard InChI is InChI=1S/C21H29N5O6S/c1-12-15(11-24-6-5-22-19(24)23-20(28)32-4)33-18-16(12)17(27)26(13-9-14(10-13)31-3)21(29)25(18)7-8-30-2/h13-14H,5-11H2,1-4H3,(H,22,23,28). The molecular weight excluding hydrogens is 450 g/mol. The quantitative estimate of drug-likeness (QED) is 0.631. The van der Waals surface area contributed by atoms with Crippen LogP contribution < -0.4 is 16.6 Å². The normalized spacial score (nSPS) is 20.1. The maximum Gasteiger partial charge on any atom is 0.413 e. The van der Waals surface area contributed by atoms with Crippen LogP contribution in [0.15, 0.2) is 14.6 Å². The highest BCUT2D eigenvalue weighted by atomic mass is 32.1. The third-order valence-electron chi connectivity index (χ3n) is 6.29. The van der Waals surface area contributed by atoms with Crippen molar-refractivity contribution in [2.75, 3.05) is 41.0 Å². The fourth-order valence-electron chi connectivity index (χ4n) is 4.27. The lowest BCUT2D eigenvalue weighted by Crippen LogP contribution is -2.47. The first-order valence-electron chi connectivity index (χ1n) is 10.8. The van der Waals surface area contributed by atoms with Crippen LogP contribution in [0.2, 0.25) is 0 Å². The number of nitrogens with one attached hydrogen (secondary N) is 1. The number of fused-ring (bicyclic) bond motifs is 1. The number of rotatable bonds is 7. The predicted octanol–water partition coefficient (Wildman–Crippen LogP) is 1.06. The Labute approximate surface area is 194 Å². The minimum atomic E-state index is -0.583. The molecular formula is C21H29N5O6S. The molecule has 1 fully saturated rings. The maximum atomic E-state index is 13.5. The van der Waals surface area contributed by atoms with E-state index in [0.29, 0.717) is 61.8 Å². The van der Waals surface area contributed by atoms with Crippen molar-refractivity contribution in [1.82, 2.24) is 19.4 Å². The molecule has 0 unspecified atom stereocenters. The highest BCUT2D eigenvalue weighted by Crippen LogP contribution is 2.34. The van der Waals surface area contributed by atoms with Gasteiger partial charge in [-0.25, -0.2) is 9.59 Å². The first-order valence-corrected chi connectivity index (χ1v) is 11.6. The highest BCUT2D eigenvalue weighted by Gasteiger charge is 2.34. The number of nitrogens with zero attached hydrogens (tertiary/aromatic N) is 4. The van der Waals surface area contributed by atoms with Gasteiger partial charge in [0, 0.05) is 31.7 Å². The van der Waals surface area contributed by atoms with Crippen LogP contribution in [0.5, 0.6) is 0 Å². The second kappa shape index (κ2) is 9.65. The van der Waals surface area contributed by atoms with Crippen LogP contribution in [0.4, 0.5) is 4.79 Å². The molecule has 0 atom stereocenters. The van der Waals surface area contributed by atoms with Crippen LogP contribution in [-0.2, 0) is 27.3 Å². The number of alkyl carbamates (subject to hydrolysis) is 1. The lowest BCUT2D eigenvalue weighted by atomic mass is 9.89. The van der Waals surface area contributed by atoms with E-state index in [1.165, 1.54) is 23.0 Å². The van der Waals surface area contributed by atoms with E-state index in [9.17, 15) is 14.4 Å². The van der Waals surface area contributed by atoms with E-state index in [2.05, 4.69) is 15.0 Å². The summed E-state index contributed by atoms with van der Waals surface area (Å²) in [7, 11) is 4.53. The van der Waals surface area contributed by atoms with Crippen molar-refractivity contribution >= 4 is 33.6 Å². The molecule has 3 heterocycles. The average molecular weight is 480 g/mol. The highest BCUT2D eigenvalue weighted by molar-refractivity contribution is 7.18. The van der Waals surface area contributed by atoms with Gasteiger partial charge >= 0.3 is 11.8 Å². The van der Waals surface area contributed by atoms with Gasteiger partial charge in [-0.2, -0.15) is 0 Å². The number of methoxy groups -OCH3 is 3. The maximum absolute atomic E-state index is 13.5. The Morgan fingerprint density at radius 1 is 1.24 bits per heavy atom. The molecule has 33 heavy (non-hydrogen) atoms. The number of carbonyl (C=O) groups is 1. The molecule has 12 heteroatoms. The van der Waals surface area contributed by atoms with Crippen LogP contribution >= 0.6 is 11.3 Å². The van der Waals surface area contributed by atoms with Gasteiger partial charge in [0.15, 0.2) is 0 Å². The number of guanidine groups is 1. The third kappa shape index (κ3) is 4.30. The van der Waals surface area contributed by atoms with Gasteiger partial charge in [-0.3, -0.25) is 24.2 Å². The van der Waals surface area contributed by atoms with Gasteiger partial charge in [0.25, 0.3) is 5.56 Å². The van der Waals surface area contributed by atoms with Gasteiger partial charge < -0.3 is 19.1 Å². The summed E-state index contributed by atoms with van der Waals surface area (Å²) >= 11 is 1.42. The van der Waals surface area contributed by atoms with Gasteiger partial charge in [0.05, 0.1) is 44.8 Å². The van der Waals surface area contributed by atoms with Crippen LogP contribution in [0.3, 0.4) is 0 Å². The van der Waals surface area contributed by atoms with Crippen molar-refractivity contribution in [3.05, 3.63) is 31.3 Å². The minimum Gasteiger partial charge on any atom is -0.453 e. The summed E-state index contributed by atoms with van der Waals surface area (Å²) in [6.07, 6.45) is 0.771. The van der Waals surface area contributed by atoms with Gasteiger partial charge in [-0.05, 0) is 25.3 Å². The Kier molecular flexibility index (Phi) is 6.86. The number of aliphatic imine (C=N–C) groups is 1. The second-order valence-electron chi connectivity index (χ2n) is 8.16.